The van der Waals surface area contributed by atoms with E-state index >= 15 is 0 Å². The summed E-state index contributed by atoms with van der Waals surface area (Å²) in [6, 6.07) is 5.85. The molecule has 0 N–H and O–H groups in total. The molecule has 1 aromatic rings. The van der Waals surface area contributed by atoms with E-state index in [1.807, 2.05) is 30.0 Å². The molecule has 1 aliphatic heterocycles. The summed E-state index contributed by atoms with van der Waals surface area (Å²) in [7, 11) is 0. The second kappa shape index (κ2) is 5.28. The first-order chi connectivity index (χ1) is 8.79. The van der Waals surface area contributed by atoms with E-state index in [0.717, 1.165) is 35.1 Å². The van der Waals surface area contributed by atoms with Crippen LogP contribution in [0.25, 0.3) is 0 Å². The standard InChI is InChI=1S/C16H22BrNO/c1-11-5-6-12(9-14(11)17)15(19)18-8-7-13(10-18)16(2,3)4/h5-6,9,13H,7-8,10H2,1-4H3. The molecular formula is C16H22BrNO. The summed E-state index contributed by atoms with van der Waals surface area (Å²) in [6.45, 7) is 10.6. The van der Waals surface area contributed by atoms with Gasteiger partial charge in [-0.25, -0.2) is 0 Å². The van der Waals surface area contributed by atoms with E-state index in [9.17, 15) is 4.79 Å². The number of hydrogen-bond acceptors (Lipinski definition) is 1. The summed E-state index contributed by atoms with van der Waals surface area (Å²) >= 11 is 3.50. The minimum absolute atomic E-state index is 0.160. The lowest BCUT2D eigenvalue weighted by Crippen LogP contribution is -2.31. The van der Waals surface area contributed by atoms with Crippen LogP contribution in [0.1, 0.15) is 43.1 Å². The minimum atomic E-state index is 0.160. The maximum atomic E-state index is 12.5. The molecule has 3 heteroatoms. The van der Waals surface area contributed by atoms with E-state index in [-0.39, 0.29) is 11.3 Å². The fraction of sp³-hybridized carbons (Fsp3) is 0.562. The second-order valence-electron chi connectivity index (χ2n) is 6.57. The van der Waals surface area contributed by atoms with Crippen molar-refractivity contribution in [3.05, 3.63) is 33.8 Å². The SMILES string of the molecule is Cc1ccc(C(=O)N2CCC(C(C)(C)C)C2)cc1Br. The maximum absolute atomic E-state index is 12.5. The lowest BCUT2D eigenvalue weighted by atomic mass is 9.80. The summed E-state index contributed by atoms with van der Waals surface area (Å²) in [4.78, 5) is 14.5. The largest absolute Gasteiger partial charge is 0.338 e. The van der Waals surface area contributed by atoms with Crippen molar-refractivity contribution in [2.45, 2.75) is 34.1 Å². The van der Waals surface area contributed by atoms with Gasteiger partial charge in [0.05, 0.1) is 0 Å². The van der Waals surface area contributed by atoms with E-state index in [1.165, 1.54) is 0 Å². The van der Waals surface area contributed by atoms with Gasteiger partial charge in [-0.1, -0.05) is 42.8 Å². The number of rotatable bonds is 1. The zero-order chi connectivity index (χ0) is 14.2. The molecule has 1 aliphatic rings. The summed E-state index contributed by atoms with van der Waals surface area (Å²) in [5, 5.41) is 0. The molecule has 19 heavy (non-hydrogen) atoms. The Kier molecular flexibility index (Phi) is 4.05. The predicted octanol–water partition coefficient (Wildman–Crippen LogP) is 4.27. The van der Waals surface area contributed by atoms with Crippen LogP contribution in [0, 0.1) is 18.3 Å². The Morgan fingerprint density at radius 1 is 1.37 bits per heavy atom. The zero-order valence-corrected chi connectivity index (χ0v) is 13.8. The molecule has 0 aromatic heterocycles. The molecular weight excluding hydrogens is 302 g/mol. The molecule has 1 amide bonds. The monoisotopic (exact) mass is 323 g/mol. The number of halogens is 1. The van der Waals surface area contributed by atoms with Gasteiger partial charge in [0.1, 0.15) is 0 Å². The van der Waals surface area contributed by atoms with Crippen LogP contribution in [-0.2, 0) is 0 Å². The van der Waals surface area contributed by atoms with Gasteiger partial charge >= 0.3 is 0 Å². The minimum Gasteiger partial charge on any atom is -0.338 e. The smallest absolute Gasteiger partial charge is 0.253 e. The molecule has 2 nitrogen and oxygen atoms in total. The number of carbonyl (C=O) groups is 1. The lowest BCUT2D eigenvalue weighted by Gasteiger charge is -2.27. The Labute approximate surface area is 124 Å². The highest BCUT2D eigenvalue weighted by molar-refractivity contribution is 9.10. The van der Waals surface area contributed by atoms with E-state index < -0.39 is 0 Å². The highest BCUT2D eigenvalue weighted by atomic mass is 79.9. The normalized spacial score (nSPS) is 19.8. The van der Waals surface area contributed by atoms with Gasteiger partial charge in [-0.15, -0.1) is 0 Å². The van der Waals surface area contributed by atoms with Gasteiger partial charge in [0.15, 0.2) is 0 Å². The van der Waals surface area contributed by atoms with Crippen LogP contribution in [0.4, 0.5) is 0 Å². The highest BCUT2D eigenvalue weighted by Crippen LogP contribution is 2.34. The van der Waals surface area contributed by atoms with Gasteiger partial charge in [-0.2, -0.15) is 0 Å². The number of nitrogens with zero attached hydrogens (tertiary/aromatic N) is 1. The van der Waals surface area contributed by atoms with Crippen molar-refractivity contribution >= 4 is 21.8 Å². The first-order valence-electron chi connectivity index (χ1n) is 6.84. The van der Waals surface area contributed by atoms with Crippen LogP contribution in [0.3, 0.4) is 0 Å². The molecule has 1 atom stereocenters. The molecule has 1 fully saturated rings. The Bertz CT molecular complexity index is 490. The first kappa shape index (κ1) is 14.6. The molecule has 2 rings (SSSR count). The van der Waals surface area contributed by atoms with Crippen LogP contribution in [0.2, 0.25) is 0 Å². The Morgan fingerprint density at radius 2 is 2.05 bits per heavy atom. The number of likely N-dealkylation sites (tertiary alicyclic amines) is 1. The van der Waals surface area contributed by atoms with Crippen LogP contribution < -0.4 is 0 Å². The number of carbonyl (C=O) groups excluding carboxylic acids is 1. The number of hydrogen-bond donors (Lipinski definition) is 0. The molecule has 1 unspecified atom stereocenters. The third-order valence-electron chi connectivity index (χ3n) is 4.12. The fourth-order valence-corrected chi connectivity index (χ4v) is 2.94. The molecule has 1 heterocycles. The molecule has 1 aromatic carbocycles. The summed E-state index contributed by atoms with van der Waals surface area (Å²) in [5.74, 6) is 0.762. The molecule has 0 spiro atoms. The molecule has 0 saturated carbocycles. The summed E-state index contributed by atoms with van der Waals surface area (Å²) in [6.07, 6.45) is 1.11. The van der Waals surface area contributed by atoms with Crippen molar-refractivity contribution in [2.24, 2.45) is 11.3 Å². The third-order valence-corrected chi connectivity index (χ3v) is 4.97. The van der Waals surface area contributed by atoms with Crippen molar-refractivity contribution in [3.8, 4) is 0 Å². The zero-order valence-electron chi connectivity index (χ0n) is 12.2. The van der Waals surface area contributed by atoms with E-state index in [1.54, 1.807) is 0 Å². The molecule has 0 bridgehead atoms. The molecule has 1 saturated heterocycles. The van der Waals surface area contributed by atoms with E-state index in [2.05, 4.69) is 36.7 Å². The van der Waals surface area contributed by atoms with Crippen LogP contribution in [0.15, 0.2) is 22.7 Å². The first-order valence-corrected chi connectivity index (χ1v) is 7.64. The molecule has 0 radical (unpaired) electrons. The Morgan fingerprint density at radius 3 is 2.58 bits per heavy atom. The van der Waals surface area contributed by atoms with E-state index in [4.69, 9.17) is 0 Å². The number of aryl methyl sites for hydroxylation is 1. The predicted molar refractivity (Wildman–Crippen MR) is 82.3 cm³/mol. The maximum Gasteiger partial charge on any atom is 0.253 e. The van der Waals surface area contributed by atoms with Gasteiger partial charge in [-0.3, -0.25) is 4.79 Å². The van der Waals surface area contributed by atoms with Crippen molar-refractivity contribution in [1.29, 1.82) is 0 Å². The summed E-state index contributed by atoms with van der Waals surface area (Å²) < 4.78 is 1.00. The Hall–Kier alpha value is -0.830. The molecule has 0 aliphatic carbocycles. The van der Waals surface area contributed by atoms with Crippen molar-refractivity contribution in [1.82, 2.24) is 4.90 Å². The van der Waals surface area contributed by atoms with Gasteiger partial charge in [0.2, 0.25) is 0 Å². The van der Waals surface area contributed by atoms with Crippen LogP contribution in [0.5, 0.6) is 0 Å². The average molecular weight is 324 g/mol. The van der Waals surface area contributed by atoms with Crippen molar-refractivity contribution in [3.63, 3.8) is 0 Å². The van der Waals surface area contributed by atoms with Gasteiger partial charge in [-0.05, 0) is 42.4 Å². The van der Waals surface area contributed by atoms with Gasteiger partial charge in [0.25, 0.3) is 5.91 Å². The number of amides is 1. The Balaban J connectivity index is 2.11. The summed E-state index contributed by atoms with van der Waals surface area (Å²) in [5.41, 5.74) is 2.22. The quantitative estimate of drug-likeness (QED) is 0.756. The number of benzene rings is 1. The topological polar surface area (TPSA) is 20.3 Å². The van der Waals surface area contributed by atoms with Gasteiger partial charge in [0, 0.05) is 23.1 Å². The average Bonchev–Trinajstić information content (AvgIpc) is 2.81. The molecule has 104 valence electrons. The fourth-order valence-electron chi connectivity index (χ4n) is 2.56. The third kappa shape index (κ3) is 3.19. The van der Waals surface area contributed by atoms with Crippen molar-refractivity contribution < 1.29 is 4.79 Å². The van der Waals surface area contributed by atoms with E-state index in [0.29, 0.717) is 5.92 Å². The highest BCUT2D eigenvalue weighted by Gasteiger charge is 2.34. The lowest BCUT2D eigenvalue weighted by molar-refractivity contribution is 0.0776. The van der Waals surface area contributed by atoms with Crippen LogP contribution in [-0.4, -0.2) is 23.9 Å². The second-order valence-corrected chi connectivity index (χ2v) is 7.42. The van der Waals surface area contributed by atoms with Crippen LogP contribution >= 0.6 is 15.9 Å². The van der Waals surface area contributed by atoms with Crippen molar-refractivity contribution in [2.75, 3.05) is 13.1 Å². The van der Waals surface area contributed by atoms with Gasteiger partial charge < -0.3 is 4.90 Å².